The van der Waals surface area contributed by atoms with E-state index >= 15 is 0 Å². The van der Waals surface area contributed by atoms with Crippen molar-refractivity contribution in [3.63, 3.8) is 0 Å². The van der Waals surface area contributed by atoms with Crippen LogP contribution in [0.4, 0.5) is 5.82 Å². The number of hydrogen-bond acceptors (Lipinski definition) is 5. The van der Waals surface area contributed by atoms with Gasteiger partial charge in [0, 0.05) is 42.6 Å². The number of anilines is 1. The van der Waals surface area contributed by atoms with Gasteiger partial charge in [-0.05, 0) is 43.8 Å². The van der Waals surface area contributed by atoms with Crippen molar-refractivity contribution in [3.05, 3.63) is 36.9 Å². The first-order chi connectivity index (χ1) is 12.6. The highest BCUT2D eigenvalue weighted by Gasteiger charge is 2.22. The fourth-order valence-electron chi connectivity index (χ4n) is 3.41. The molecule has 0 saturated carbocycles. The topological polar surface area (TPSA) is 75.9 Å². The summed E-state index contributed by atoms with van der Waals surface area (Å²) in [6.07, 6.45) is 9.56. The zero-order valence-corrected chi connectivity index (χ0v) is 15.0. The lowest BCUT2D eigenvalue weighted by Crippen LogP contribution is -2.35. The molecule has 0 aliphatic carbocycles. The third-order valence-corrected chi connectivity index (χ3v) is 4.91. The fraction of sp³-hybridized carbons (Fsp3) is 0.368. The van der Waals surface area contributed by atoms with Gasteiger partial charge in [0.1, 0.15) is 5.82 Å². The summed E-state index contributed by atoms with van der Waals surface area (Å²) in [5.41, 5.74) is 1.81. The summed E-state index contributed by atoms with van der Waals surface area (Å²) in [6.45, 7) is 3.57. The van der Waals surface area contributed by atoms with Gasteiger partial charge in [0.2, 0.25) is 5.91 Å². The zero-order valence-electron chi connectivity index (χ0n) is 15.0. The summed E-state index contributed by atoms with van der Waals surface area (Å²) in [5.74, 6) is 0.546. The second-order valence-corrected chi connectivity index (χ2v) is 6.90. The maximum atomic E-state index is 12.3. The van der Waals surface area contributed by atoms with Crippen LogP contribution >= 0.6 is 0 Å². The van der Waals surface area contributed by atoms with E-state index in [4.69, 9.17) is 0 Å². The Morgan fingerprint density at radius 1 is 1.23 bits per heavy atom. The van der Waals surface area contributed by atoms with E-state index in [9.17, 15) is 4.79 Å². The Labute approximate surface area is 152 Å². The Kier molecular flexibility index (Phi) is 4.38. The van der Waals surface area contributed by atoms with Crippen LogP contribution in [-0.4, -0.2) is 49.7 Å². The minimum atomic E-state index is -0.0212. The number of carbonyl (C=O) groups is 1. The molecule has 1 aliphatic rings. The molecule has 26 heavy (non-hydrogen) atoms. The van der Waals surface area contributed by atoms with E-state index in [1.807, 2.05) is 25.4 Å². The minimum Gasteiger partial charge on any atom is -0.310 e. The van der Waals surface area contributed by atoms with E-state index in [0.717, 1.165) is 41.4 Å². The van der Waals surface area contributed by atoms with Gasteiger partial charge in [-0.15, -0.1) is 0 Å². The van der Waals surface area contributed by atoms with Gasteiger partial charge in [-0.1, -0.05) is 0 Å². The molecular formula is C19H22N6O. The van der Waals surface area contributed by atoms with Gasteiger partial charge in [0.15, 0.2) is 0 Å². The highest BCUT2D eigenvalue weighted by molar-refractivity contribution is 5.94. The Bertz CT molecular complexity index is 950. The van der Waals surface area contributed by atoms with Crippen molar-refractivity contribution in [2.45, 2.75) is 25.8 Å². The summed E-state index contributed by atoms with van der Waals surface area (Å²) in [4.78, 5) is 23.3. The summed E-state index contributed by atoms with van der Waals surface area (Å²) in [7, 11) is 1.88. The van der Waals surface area contributed by atoms with Gasteiger partial charge in [0.05, 0.1) is 18.4 Å². The smallest absolute Gasteiger partial charge is 0.239 e. The molecule has 0 radical (unpaired) electrons. The molecule has 7 nitrogen and oxygen atoms in total. The lowest BCUT2D eigenvalue weighted by Gasteiger charge is -2.19. The van der Waals surface area contributed by atoms with E-state index in [1.54, 1.807) is 23.3 Å². The standard InChI is InChI=1S/C19H22N6O/c1-13-4-3-5-25(13)12-19(26)23-18-7-14-6-17(16-10-22-24(2)11-16)20-8-15(14)9-21-18/h6-11,13H,3-5,12H2,1-2H3,(H,21,23,26). The molecule has 1 saturated heterocycles. The second-order valence-electron chi connectivity index (χ2n) is 6.90. The molecule has 3 aromatic heterocycles. The number of aromatic nitrogens is 4. The van der Waals surface area contributed by atoms with Gasteiger partial charge in [0.25, 0.3) is 0 Å². The molecule has 1 fully saturated rings. The molecule has 0 aromatic carbocycles. The van der Waals surface area contributed by atoms with Crippen molar-refractivity contribution in [1.29, 1.82) is 0 Å². The maximum absolute atomic E-state index is 12.3. The van der Waals surface area contributed by atoms with Crippen LogP contribution in [0.5, 0.6) is 0 Å². The molecule has 7 heteroatoms. The van der Waals surface area contributed by atoms with Crippen molar-refractivity contribution >= 4 is 22.5 Å². The first-order valence-electron chi connectivity index (χ1n) is 8.87. The van der Waals surface area contributed by atoms with Crippen LogP contribution in [0.2, 0.25) is 0 Å². The number of pyridine rings is 2. The van der Waals surface area contributed by atoms with E-state index < -0.39 is 0 Å². The van der Waals surface area contributed by atoms with Gasteiger partial charge in [-0.3, -0.25) is 19.4 Å². The Balaban J connectivity index is 1.53. The molecule has 134 valence electrons. The van der Waals surface area contributed by atoms with Gasteiger partial charge >= 0.3 is 0 Å². The van der Waals surface area contributed by atoms with E-state index in [0.29, 0.717) is 18.4 Å². The van der Waals surface area contributed by atoms with Gasteiger partial charge in [-0.2, -0.15) is 5.10 Å². The van der Waals surface area contributed by atoms with E-state index in [-0.39, 0.29) is 5.91 Å². The first kappa shape index (κ1) is 16.7. The molecule has 1 N–H and O–H groups in total. The van der Waals surface area contributed by atoms with Crippen molar-refractivity contribution in [2.24, 2.45) is 7.05 Å². The molecule has 4 rings (SSSR count). The van der Waals surface area contributed by atoms with Crippen molar-refractivity contribution in [3.8, 4) is 11.3 Å². The number of carbonyl (C=O) groups excluding carboxylic acids is 1. The summed E-state index contributed by atoms with van der Waals surface area (Å²) < 4.78 is 1.75. The average Bonchev–Trinajstić information content (AvgIpc) is 3.23. The Morgan fingerprint density at radius 2 is 2.08 bits per heavy atom. The summed E-state index contributed by atoms with van der Waals surface area (Å²) in [5, 5.41) is 9.02. The number of nitrogens with zero attached hydrogens (tertiary/aromatic N) is 5. The lowest BCUT2D eigenvalue weighted by molar-refractivity contribution is -0.117. The molecule has 1 amide bonds. The second kappa shape index (κ2) is 6.84. The monoisotopic (exact) mass is 350 g/mol. The minimum absolute atomic E-state index is 0.0212. The summed E-state index contributed by atoms with van der Waals surface area (Å²) in [6, 6.07) is 4.35. The van der Waals surface area contributed by atoms with Crippen LogP contribution in [0, 0.1) is 0 Å². The number of amides is 1. The van der Waals surface area contributed by atoms with E-state index in [2.05, 4.69) is 32.2 Å². The normalized spacial score (nSPS) is 17.7. The van der Waals surface area contributed by atoms with Crippen LogP contribution in [0.3, 0.4) is 0 Å². The van der Waals surface area contributed by atoms with Crippen LogP contribution in [0.25, 0.3) is 22.0 Å². The van der Waals surface area contributed by atoms with Crippen molar-refractivity contribution in [2.75, 3.05) is 18.4 Å². The number of aryl methyl sites for hydroxylation is 1. The largest absolute Gasteiger partial charge is 0.310 e. The highest BCUT2D eigenvalue weighted by Crippen LogP contribution is 2.23. The molecule has 1 aliphatic heterocycles. The predicted octanol–water partition coefficient (Wildman–Crippen LogP) is 2.45. The molecule has 0 bridgehead atoms. The van der Waals surface area contributed by atoms with Crippen LogP contribution in [0.15, 0.2) is 36.9 Å². The molecule has 3 aromatic rings. The van der Waals surface area contributed by atoms with E-state index in [1.165, 1.54) is 0 Å². The fourth-order valence-corrected chi connectivity index (χ4v) is 3.41. The number of rotatable bonds is 4. The van der Waals surface area contributed by atoms with Crippen LogP contribution < -0.4 is 5.32 Å². The number of hydrogen-bond donors (Lipinski definition) is 1. The quantitative estimate of drug-likeness (QED) is 0.782. The molecule has 0 spiro atoms. The highest BCUT2D eigenvalue weighted by atomic mass is 16.2. The van der Waals surface area contributed by atoms with Crippen LogP contribution in [0.1, 0.15) is 19.8 Å². The predicted molar refractivity (Wildman–Crippen MR) is 101 cm³/mol. The van der Waals surface area contributed by atoms with Crippen molar-refractivity contribution < 1.29 is 4.79 Å². The Morgan fingerprint density at radius 3 is 2.81 bits per heavy atom. The third kappa shape index (κ3) is 3.43. The molecule has 4 heterocycles. The number of fused-ring (bicyclic) bond motifs is 1. The number of nitrogens with one attached hydrogen (secondary N) is 1. The van der Waals surface area contributed by atoms with Crippen LogP contribution in [-0.2, 0) is 11.8 Å². The Hall–Kier alpha value is -2.80. The summed E-state index contributed by atoms with van der Waals surface area (Å²) >= 11 is 0. The average molecular weight is 350 g/mol. The SMILES string of the molecule is CC1CCCN1CC(=O)Nc1cc2cc(-c3cnn(C)c3)ncc2cn1. The maximum Gasteiger partial charge on any atom is 0.239 e. The van der Waals surface area contributed by atoms with Gasteiger partial charge < -0.3 is 5.32 Å². The molecule has 1 atom stereocenters. The van der Waals surface area contributed by atoms with Gasteiger partial charge in [-0.25, -0.2) is 4.98 Å². The first-order valence-corrected chi connectivity index (χ1v) is 8.87. The zero-order chi connectivity index (χ0) is 18.1. The molecule has 1 unspecified atom stereocenters. The number of likely N-dealkylation sites (tertiary alicyclic amines) is 1. The van der Waals surface area contributed by atoms with Crippen molar-refractivity contribution in [1.82, 2.24) is 24.6 Å². The third-order valence-electron chi connectivity index (χ3n) is 4.91. The lowest BCUT2D eigenvalue weighted by atomic mass is 10.1. The molecular weight excluding hydrogens is 328 g/mol.